The number of carboxylic acid groups (broad SMARTS) is 4. The fourth-order valence-corrected chi connectivity index (χ4v) is 2.81. The molecule has 8 heteroatoms. The summed E-state index contributed by atoms with van der Waals surface area (Å²) in [7, 11) is 0. The SMILES string of the molecule is CC1CCC(C(=O)O)C(C(=O)O)C1.O=C(O)c1ccccc1C(=O)O. The highest BCUT2D eigenvalue weighted by molar-refractivity contribution is 6.01. The normalized spacial score (nSPS) is 22.2. The van der Waals surface area contributed by atoms with E-state index in [4.69, 9.17) is 20.4 Å². The number of rotatable bonds is 4. The van der Waals surface area contributed by atoms with Gasteiger partial charge in [-0.05, 0) is 37.3 Å². The lowest BCUT2D eigenvalue weighted by Gasteiger charge is -2.29. The number of carbonyl (C=O) groups is 4. The van der Waals surface area contributed by atoms with Gasteiger partial charge < -0.3 is 20.4 Å². The van der Waals surface area contributed by atoms with Crippen LogP contribution in [0.4, 0.5) is 0 Å². The molecule has 0 radical (unpaired) electrons. The Hall–Kier alpha value is -2.90. The summed E-state index contributed by atoms with van der Waals surface area (Å²) in [5, 5.41) is 34.7. The molecule has 0 aliphatic heterocycles. The van der Waals surface area contributed by atoms with Crippen molar-refractivity contribution >= 4 is 23.9 Å². The Kier molecular flexibility index (Phi) is 7.10. The molecule has 0 saturated heterocycles. The Bertz CT molecular complexity index is 633. The van der Waals surface area contributed by atoms with E-state index in [2.05, 4.69) is 0 Å². The average molecular weight is 352 g/mol. The van der Waals surface area contributed by atoms with Crippen LogP contribution in [-0.4, -0.2) is 44.3 Å². The molecule has 8 nitrogen and oxygen atoms in total. The van der Waals surface area contributed by atoms with Gasteiger partial charge in [0.15, 0.2) is 0 Å². The largest absolute Gasteiger partial charge is 0.481 e. The first-order chi connectivity index (χ1) is 11.6. The summed E-state index contributed by atoms with van der Waals surface area (Å²) in [6, 6.07) is 5.48. The van der Waals surface area contributed by atoms with Gasteiger partial charge in [-0.25, -0.2) is 9.59 Å². The first-order valence-electron chi connectivity index (χ1n) is 7.66. The summed E-state index contributed by atoms with van der Waals surface area (Å²) in [4.78, 5) is 42.4. The van der Waals surface area contributed by atoms with Crippen LogP contribution in [0.25, 0.3) is 0 Å². The molecule has 2 rings (SSSR count). The predicted molar refractivity (Wildman–Crippen MR) is 85.6 cm³/mol. The topological polar surface area (TPSA) is 149 Å². The van der Waals surface area contributed by atoms with Crippen LogP contribution in [0.2, 0.25) is 0 Å². The minimum Gasteiger partial charge on any atom is -0.481 e. The van der Waals surface area contributed by atoms with E-state index < -0.39 is 35.7 Å². The smallest absolute Gasteiger partial charge is 0.336 e. The lowest BCUT2D eigenvalue weighted by atomic mass is 9.75. The number of aromatic carboxylic acids is 2. The Morgan fingerprint density at radius 3 is 1.60 bits per heavy atom. The maximum atomic E-state index is 10.8. The van der Waals surface area contributed by atoms with Crippen molar-refractivity contribution in [1.82, 2.24) is 0 Å². The molecule has 3 unspecified atom stereocenters. The van der Waals surface area contributed by atoms with Gasteiger partial charge in [-0.1, -0.05) is 19.1 Å². The maximum Gasteiger partial charge on any atom is 0.336 e. The molecule has 4 N–H and O–H groups in total. The van der Waals surface area contributed by atoms with Gasteiger partial charge in [0, 0.05) is 0 Å². The monoisotopic (exact) mass is 352 g/mol. The maximum absolute atomic E-state index is 10.8. The molecule has 0 aromatic heterocycles. The van der Waals surface area contributed by atoms with Gasteiger partial charge >= 0.3 is 23.9 Å². The molecule has 0 heterocycles. The average Bonchev–Trinajstić information content (AvgIpc) is 2.54. The summed E-state index contributed by atoms with van der Waals surface area (Å²) in [6.07, 6.45) is 1.81. The number of aliphatic carboxylic acids is 2. The van der Waals surface area contributed by atoms with Gasteiger partial charge in [-0.15, -0.1) is 0 Å². The minimum atomic E-state index is -1.23. The second-order valence-corrected chi connectivity index (χ2v) is 5.96. The van der Waals surface area contributed by atoms with Crippen LogP contribution in [0.1, 0.15) is 46.9 Å². The molecule has 25 heavy (non-hydrogen) atoms. The van der Waals surface area contributed by atoms with E-state index in [1.54, 1.807) is 0 Å². The lowest BCUT2D eigenvalue weighted by Crippen LogP contribution is -2.34. The van der Waals surface area contributed by atoms with Gasteiger partial charge in [-0.2, -0.15) is 0 Å². The summed E-state index contributed by atoms with van der Waals surface area (Å²) in [6.45, 7) is 1.97. The Morgan fingerprint density at radius 1 is 0.800 bits per heavy atom. The number of benzene rings is 1. The van der Waals surface area contributed by atoms with Gasteiger partial charge in [-0.3, -0.25) is 9.59 Å². The van der Waals surface area contributed by atoms with Crippen LogP contribution >= 0.6 is 0 Å². The molecule has 1 aromatic rings. The Labute approximate surface area is 143 Å². The van der Waals surface area contributed by atoms with E-state index in [9.17, 15) is 19.2 Å². The second-order valence-electron chi connectivity index (χ2n) is 5.96. The van der Waals surface area contributed by atoms with Crippen LogP contribution in [0.5, 0.6) is 0 Å². The van der Waals surface area contributed by atoms with Gasteiger partial charge in [0.05, 0.1) is 23.0 Å². The van der Waals surface area contributed by atoms with E-state index >= 15 is 0 Å². The van der Waals surface area contributed by atoms with E-state index in [1.807, 2.05) is 6.92 Å². The van der Waals surface area contributed by atoms with Crippen molar-refractivity contribution < 1.29 is 39.6 Å². The third kappa shape index (κ3) is 5.59. The quantitative estimate of drug-likeness (QED) is 0.644. The third-order valence-electron chi connectivity index (χ3n) is 4.13. The third-order valence-corrected chi connectivity index (χ3v) is 4.13. The molecular weight excluding hydrogens is 332 g/mol. The van der Waals surface area contributed by atoms with Gasteiger partial charge in [0.1, 0.15) is 0 Å². The summed E-state index contributed by atoms with van der Waals surface area (Å²) in [5.74, 6) is -5.45. The molecule has 0 bridgehead atoms. The fraction of sp³-hybridized carbons (Fsp3) is 0.412. The van der Waals surface area contributed by atoms with E-state index in [0.29, 0.717) is 18.8 Å². The summed E-state index contributed by atoms with van der Waals surface area (Å²) in [5.41, 5.74) is -0.380. The minimum absolute atomic E-state index is 0.190. The standard InChI is InChI=1S/C9H14O4.C8H6O4/c1-5-2-3-6(8(10)11)7(4-5)9(12)13;9-7(10)5-3-1-2-4-6(5)8(11)12/h5-7H,2-4H2,1H3,(H,10,11)(H,12,13);1-4H,(H,9,10)(H,11,12). The summed E-state index contributed by atoms with van der Waals surface area (Å²) >= 11 is 0. The molecule has 1 aliphatic rings. The number of hydrogen-bond donors (Lipinski definition) is 4. The molecule has 3 atom stereocenters. The molecule has 1 fully saturated rings. The molecule has 1 aromatic carbocycles. The van der Waals surface area contributed by atoms with Crippen LogP contribution in [0, 0.1) is 17.8 Å². The van der Waals surface area contributed by atoms with Crippen LogP contribution < -0.4 is 0 Å². The van der Waals surface area contributed by atoms with E-state index in [0.717, 1.165) is 6.42 Å². The zero-order valence-electron chi connectivity index (χ0n) is 13.6. The zero-order valence-corrected chi connectivity index (χ0v) is 13.6. The van der Waals surface area contributed by atoms with Crippen molar-refractivity contribution in [3.8, 4) is 0 Å². The van der Waals surface area contributed by atoms with Crippen LogP contribution in [0.3, 0.4) is 0 Å². The van der Waals surface area contributed by atoms with Crippen molar-refractivity contribution in [2.75, 3.05) is 0 Å². The second kappa shape index (κ2) is 8.81. The van der Waals surface area contributed by atoms with Gasteiger partial charge in [0.25, 0.3) is 0 Å². The predicted octanol–water partition coefficient (Wildman–Crippen LogP) is 2.29. The zero-order chi connectivity index (χ0) is 19.1. The van der Waals surface area contributed by atoms with Crippen molar-refractivity contribution in [1.29, 1.82) is 0 Å². The first kappa shape index (κ1) is 20.1. The molecule has 1 saturated carbocycles. The van der Waals surface area contributed by atoms with Crippen molar-refractivity contribution in [2.24, 2.45) is 17.8 Å². The Morgan fingerprint density at radius 2 is 1.24 bits per heavy atom. The van der Waals surface area contributed by atoms with Crippen molar-refractivity contribution in [2.45, 2.75) is 26.2 Å². The van der Waals surface area contributed by atoms with Crippen LogP contribution in [0.15, 0.2) is 24.3 Å². The molecule has 0 amide bonds. The molecule has 136 valence electrons. The molecule has 1 aliphatic carbocycles. The number of hydrogen-bond acceptors (Lipinski definition) is 4. The highest BCUT2D eigenvalue weighted by Crippen LogP contribution is 2.33. The van der Waals surface area contributed by atoms with Crippen LogP contribution in [-0.2, 0) is 9.59 Å². The van der Waals surface area contributed by atoms with Gasteiger partial charge in [0.2, 0.25) is 0 Å². The van der Waals surface area contributed by atoms with E-state index in [1.165, 1.54) is 24.3 Å². The number of carboxylic acids is 4. The molecular formula is C17H20O8. The van der Waals surface area contributed by atoms with Crippen molar-refractivity contribution in [3.63, 3.8) is 0 Å². The lowest BCUT2D eigenvalue weighted by molar-refractivity contribution is -0.156. The fourth-order valence-electron chi connectivity index (χ4n) is 2.81. The van der Waals surface area contributed by atoms with E-state index in [-0.39, 0.29) is 11.1 Å². The summed E-state index contributed by atoms with van der Waals surface area (Å²) < 4.78 is 0. The first-order valence-corrected chi connectivity index (χ1v) is 7.66. The Balaban J connectivity index is 0.000000251. The highest BCUT2D eigenvalue weighted by Gasteiger charge is 2.37. The van der Waals surface area contributed by atoms with Crippen molar-refractivity contribution in [3.05, 3.63) is 35.4 Å². The molecule has 0 spiro atoms. The highest BCUT2D eigenvalue weighted by atomic mass is 16.4.